The Balaban J connectivity index is 1.33. The Morgan fingerprint density at radius 2 is 2.05 bits per heavy atom. The van der Waals surface area contributed by atoms with Crippen molar-refractivity contribution in [1.29, 1.82) is 0 Å². The molecule has 2 fully saturated rings. The number of hydrogen-bond donors (Lipinski definition) is 0. The van der Waals surface area contributed by atoms with Crippen molar-refractivity contribution in [3.63, 3.8) is 0 Å². The van der Waals surface area contributed by atoms with E-state index in [2.05, 4.69) is 41.9 Å². The van der Waals surface area contributed by atoms with E-state index in [9.17, 15) is 14.4 Å². The van der Waals surface area contributed by atoms with Crippen molar-refractivity contribution in [2.75, 3.05) is 53.1 Å². The zero-order valence-electron chi connectivity index (χ0n) is 23.9. The van der Waals surface area contributed by atoms with Crippen molar-refractivity contribution < 1.29 is 23.9 Å². The minimum atomic E-state index is -0.440. The standard InChI is InChI=1S/C30H41N5O5/c1-4-5-13-35(30(2)11-6-12-31-20-30)28(37)19-34-18-23(22-7-8-25-26(17-22)40-21-39-25)16-24(34)9-14-33-15-10-27(36)32(3)29(33)38/h6-8,11-12,17,23-24H,4-5,9-10,13-16,18-21H2,1-3H3/t23-,24+,30?/m1/s1. The number of dihydropyridines is 1. The third-order valence-electron chi connectivity index (χ3n) is 8.70. The minimum Gasteiger partial charge on any atom is -0.454 e. The maximum atomic E-state index is 13.9. The molecule has 1 unspecified atom stereocenters. The summed E-state index contributed by atoms with van der Waals surface area (Å²) in [6.07, 6.45) is 9.71. The van der Waals surface area contributed by atoms with E-state index in [4.69, 9.17) is 9.47 Å². The first-order valence-electron chi connectivity index (χ1n) is 14.5. The van der Waals surface area contributed by atoms with Crippen LogP contribution in [0.1, 0.15) is 57.4 Å². The van der Waals surface area contributed by atoms with Crippen LogP contribution < -0.4 is 9.47 Å². The number of ether oxygens (including phenoxy) is 2. The molecule has 1 aromatic carbocycles. The SMILES string of the molecule is CCCCN(C(=O)CN1C[C@H](c2ccc3c(c2)OCO3)C[C@@H]1CCN1CCC(=O)N(C)C1=O)C1(C)C=CC=NC1. The Labute approximate surface area is 236 Å². The van der Waals surface area contributed by atoms with Crippen LogP contribution in [0.5, 0.6) is 11.5 Å². The smallest absolute Gasteiger partial charge is 0.326 e. The number of imide groups is 1. The van der Waals surface area contributed by atoms with Gasteiger partial charge in [0.05, 0.1) is 18.6 Å². The summed E-state index contributed by atoms with van der Waals surface area (Å²) < 4.78 is 11.1. The van der Waals surface area contributed by atoms with E-state index in [1.165, 1.54) is 10.5 Å². The van der Waals surface area contributed by atoms with E-state index in [0.717, 1.165) is 43.7 Å². The van der Waals surface area contributed by atoms with Crippen molar-refractivity contribution in [3.05, 3.63) is 35.9 Å². The molecule has 10 nitrogen and oxygen atoms in total. The topological polar surface area (TPSA) is 95.0 Å². The Morgan fingerprint density at radius 1 is 1.23 bits per heavy atom. The molecule has 0 spiro atoms. The van der Waals surface area contributed by atoms with Gasteiger partial charge in [-0.3, -0.25) is 24.4 Å². The number of nitrogens with zero attached hydrogens (tertiary/aromatic N) is 5. The summed E-state index contributed by atoms with van der Waals surface area (Å²) in [6.45, 7) is 7.76. The molecule has 5 rings (SSSR count). The van der Waals surface area contributed by atoms with Gasteiger partial charge in [-0.15, -0.1) is 0 Å². The van der Waals surface area contributed by atoms with Crippen LogP contribution in [0.3, 0.4) is 0 Å². The maximum Gasteiger partial charge on any atom is 0.326 e. The second-order valence-electron chi connectivity index (χ2n) is 11.5. The summed E-state index contributed by atoms with van der Waals surface area (Å²) in [4.78, 5) is 50.3. The van der Waals surface area contributed by atoms with E-state index in [-0.39, 0.29) is 36.6 Å². The number of allylic oxidation sites excluding steroid dienone is 1. The quantitative estimate of drug-likeness (QED) is 0.443. The summed E-state index contributed by atoms with van der Waals surface area (Å²) in [6, 6.07) is 5.99. The minimum absolute atomic E-state index is 0.105. The van der Waals surface area contributed by atoms with Gasteiger partial charge in [-0.1, -0.05) is 25.5 Å². The maximum absolute atomic E-state index is 13.9. The first kappa shape index (κ1) is 28.1. The molecule has 0 aromatic heterocycles. The third-order valence-corrected chi connectivity index (χ3v) is 8.70. The zero-order valence-corrected chi connectivity index (χ0v) is 23.9. The van der Waals surface area contributed by atoms with Crippen LogP contribution in [0.4, 0.5) is 4.79 Å². The molecule has 0 radical (unpaired) electrons. The van der Waals surface area contributed by atoms with Gasteiger partial charge in [-0.25, -0.2) is 4.79 Å². The molecule has 0 aliphatic carbocycles. The highest BCUT2D eigenvalue weighted by molar-refractivity contribution is 5.96. The molecule has 40 heavy (non-hydrogen) atoms. The van der Waals surface area contributed by atoms with Gasteiger partial charge in [-0.05, 0) is 55.9 Å². The van der Waals surface area contributed by atoms with E-state index in [1.807, 2.05) is 17.0 Å². The average molecular weight is 552 g/mol. The molecule has 2 saturated heterocycles. The normalized spacial score (nSPS) is 26.2. The number of aliphatic imine (C=N–C) groups is 1. The molecule has 4 aliphatic rings. The first-order valence-corrected chi connectivity index (χ1v) is 14.5. The van der Waals surface area contributed by atoms with Crippen molar-refractivity contribution >= 4 is 24.1 Å². The molecule has 4 heterocycles. The monoisotopic (exact) mass is 551 g/mol. The van der Waals surface area contributed by atoms with Crippen LogP contribution in [0.25, 0.3) is 0 Å². The van der Waals surface area contributed by atoms with Gasteiger partial charge in [-0.2, -0.15) is 0 Å². The lowest BCUT2D eigenvalue weighted by molar-refractivity contribution is -0.137. The van der Waals surface area contributed by atoms with Gasteiger partial charge in [0.15, 0.2) is 11.5 Å². The molecule has 216 valence electrons. The summed E-state index contributed by atoms with van der Waals surface area (Å²) in [7, 11) is 1.54. The Bertz CT molecular complexity index is 1190. The summed E-state index contributed by atoms with van der Waals surface area (Å²) in [5.41, 5.74) is 0.729. The van der Waals surface area contributed by atoms with Gasteiger partial charge < -0.3 is 19.3 Å². The van der Waals surface area contributed by atoms with E-state index >= 15 is 0 Å². The van der Waals surface area contributed by atoms with Gasteiger partial charge in [0.1, 0.15) is 0 Å². The predicted molar refractivity (Wildman–Crippen MR) is 152 cm³/mol. The van der Waals surface area contributed by atoms with Crippen LogP contribution in [0.15, 0.2) is 35.3 Å². The Hall–Kier alpha value is -3.40. The van der Waals surface area contributed by atoms with Crippen LogP contribution in [-0.2, 0) is 9.59 Å². The molecule has 10 heteroatoms. The summed E-state index contributed by atoms with van der Waals surface area (Å²) in [5.74, 6) is 1.72. The molecule has 0 saturated carbocycles. The number of fused-ring (bicyclic) bond motifs is 1. The van der Waals surface area contributed by atoms with Crippen molar-refractivity contribution in [3.8, 4) is 11.5 Å². The fraction of sp³-hybridized carbons (Fsp3) is 0.600. The molecule has 4 aliphatic heterocycles. The number of amides is 4. The lowest BCUT2D eigenvalue weighted by atomic mass is 9.95. The fourth-order valence-electron chi connectivity index (χ4n) is 6.23. The third kappa shape index (κ3) is 5.87. The van der Waals surface area contributed by atoms with Crippen LogP contribution >= 0.6 is 0 Å². The summed E-state index contributed by atoms with van der Waals surface area (Å²) in [5, 5.41) is 0. The molecule has 0 N–H and O–H groups in total. The Kier molecular flexibility index (Phi) is 8.44. The number of carbonyl (C=O) groups excluding carboxylic acids is 3. The highest BCUT2D eigenvalue weighted by Gasteiger charge is 2.39. The van der Waals surface area contributed by atoms with E-state index < -0.39 is 5.54 Å². The van der Waals surface area contributed by atoms with Crippen molar-refractivity contribution in [2.45, 2.75) is 63.5 Å². The number of rotatable bonds is 10. The summed E-state index contributed by atoms with van der Waals surface area (Å²) >= 11 is 0. The van der Waals surface area contributed by atoms with Crippen LogP contribution in [-0.4, -0.2) is 108 Å². The number of unbranched alkanes of at least 4 members (excludes halogenated alkanes) is 1. The van der Waals surface area contributed by atoms with Gasteiger partial charge >= 0.3 is 6.03 Å². The first-order chi connectivity index (χ1) is 19.3. The number of likely N-dealkylation sites (tertiary alicyclic amines) is 1. The zero-order chi connectivity index (χ0) is 28.3. The van der Waals surface area contributed by atoms with E-state index in [1.54, 1.807) is 18.2 Å². The van der Waals surface area contributed by atoms with Crippen molar-refractivity contribution in [1.82, 2.24) is 19.6 Å². The number of benzene rings is 1. The largest absolute Gasteiger partial charge is 0.454 e. The lowest BCUT2D eigenvalue weighted by Crippen LogP contribution is -2.55. The van der Waals surface area contributed by atoms with E-state index in [0.29, 0.717) is 39.1 Å². The van der Waals surface area contributed by atoms with Crippen LogP contribution in [0.2, 0.25) is 0 Å². The number of urea groups is 1. The molecule has 4 amide bonds. The molecule has 3 atom stereocenters. The fourth-order valence-corrected chi connectivity index (χ4v) is 6.23. The van der Waals surface area contributed by atoms with Crippen molar-refractivity contribution in [2.24, 2.45) is 4.99 Å². The Morgan fingerprint density at radius 3 is 2.83 bits per heavy atom. The highest BCUT2D eigenvalue weighted by Crippen LogP contribution is 2.39. The molecule has 1 aromatic rings. The second kappa shape index (κ2) is 12.0. The van der Waals surface area contributed by atoms with Gasteiger partial charge in [0.2, 0.25) is 18.6 Å². The number of carbonyl (C=O) groups is 3. The molecule has 0 bridgehead atoms. The average Bonchev–Trinajstić information content (AvgIpc) is 3.58. The predicted octanol–water partition coefficient (Wildman–Crippen LogP) is 3.28. The second-order valence-corrected chi connectivity index (χ2v) is 11.5. The highest BCUT2D eigenvalue weighted by atomic mass is 16.7. The van der Waals surface area contributed by atoms with Crippen LogP contribution in [0, 0.1) is 0 Å². The number of hydrogen-bond acceptors (Lipinski definition) is 7. The molecular weight excluding hydrogens is 510 g/mol. The van der Waals surface area contributed by atoms with Gasteiger partial charge in [0.25, 0.3) is 0 Å². The molecular formula is C30H41N5O5. The van der Waals surface area contributed by atoms with Gasteiger partial charge in [0, 0.05) is 51.9 Å². The lowest BCUT2D eigenvalue weighted by Gasteiger charge is -2.41.